The van der Waals surface area contributed by atoms with Gasteiger partial charge in [0, 0.05) is 29.8 Å². The average Bonchev–Trinajstić information content (AvgIpc) is 3.54. The lowest BCUT2D eigenvalue weighted by Gasteiger charge is -2.30. The molecule has 1 unspecified atom stereocenters. The molecule has 32 heavy (non-hydrogen) atoms. The second kappa shape index (κ2) is 10.2. The van der Waals surface area contributed by atoms with Gasteiger partial charge in [0.1, 0.15) is 5.69 Å². The molecule has 0 bridgehead atoms. The number of aliphatic hydroxyl groups is 1. The Bertz CT molecular complexity index is 834. The summed E-state index contributed by atoms with van der Waals surface area (Å²) in [5, 5.41) is 16.7. The first-order valence-electron chi connectivity index (χ1n) is 10.4. The molecular formula is C22H31F5N4O. The lowest BCUT2D eigenvalue weighted by Crippen LogP contribution is -2.34. The molecule has 0 radical (unpaired) electrons. The van der Waals surface area contributed by atoms with Crippen LogP contribution in [-0.2, 0) is 6.18 Å². The molecule has 3 N–H and O–H groups in total. The fraction of sp³-hybridized carbons (Fsp3) is 0.591. The highest BCUT2D eigenvalue weighted by molar-refractivity contribution is 5.60. The number of hydrogen-bond acceptors (Lipinski definition) is 5. The maximum atomic E-state index is 13.8. The highest BCUT2D eigenvalue weighted by atomic mass is 19.4. The van der Waals surface area contributed by atoms with Gasteiger partial charge in [-0.25, -0.2) is 13.8 Å². The summed E-state index contributed by atoms with van der Waals surface area (Å²) in [6.07, 6.45) is -3.73. The van der Waals surface area contributed by atoms with Gasteiger partial charge < -0.3 is 20.6 Å². The molecule has 0 amide bonds. The molecule has 2 rings (SSSR count). The van der Waals surface area contributed by atoms with Gasteiger partial charge in [-0.3, -0.25) is 0 Å². The largest absolute Gasteiger partial charge is 0.433 e. The molecule has 1 aliphatic carbocycles. The number of nitrogens with one attached hydrogen (secondary N) is 2. The van der Waals surface area contributed by atoms with Gasteiger partial charge in [0.25, 0.3) is 6.43 Å². The number of likely N-dealkylation sites (N-methyl/N-ethyl adjacent to an activating group) is 2. The molecule has 1 aromatic heterocycles. The van der Waals surface area contributed by atoms with Crippen LogP contribution in [0.2, 0.25) is 0 Å². The fourth-order valence-corrected chi connectivity index (χ4v) is 3.28. The SMILES string of the molecule is C=C(CN(CC)c1cnc(C(F)(F)F)c(C2CC2)c1C(O)N/C=C/C(C)(C)NC)C(F)F. The molecule has 1 aromatic rings. The van der Waals surface area contributed by atoms with Crippen molar-refractivity contribution in [2.75, 3.05) is 25.0 Å². The monoisotopic (exact) mass is 462 g/mol. The first kappa shape index (κ1) is 26.1. The minimum Gasteiger partial charge on any atom is -0.369 e. The van der Waals surface area contributed by atoms with Crippen LogP contribution in [0.5, 0.6) is 0 Å². The van der Waals surface area contributed by atoms with Crippen molar-refractivity contribution in [3.8, 4) is 0 Å². The van der Waals surface area contributed by atoms with E-state index in [1.807, 2.05) is 13.8 Å². The third kappa shape index (κ3) is 6.41. The Kier molecular flexibility index (Phi) is 8.27. The first-order valence-corrected chi connectivity index (χ1v) is 10.4. The summed E-state index contributed by atoms with van der Waals surface area (Å²) in [6, 6.07) is 0. The minimum atomic E-state index is -4.71. The van der Waals surface area contributed by atoms with Crippen LogP contribution in [0.1, 0.15) is 62.6 Å². The Morgan fingerprint density at radius 1 is 1.34 bits per heavy atom. The highest BCUT2D eigenvalue weighted by Crippen LogP contribution is 2.49. The van der Waals surface area contributed by atoms with E-state index in [1.54, 1.807) is 20.0 Å². The van der Waals surface area contributed by atoms with Gasteiger partial charge in [-0.1, -0.05) is 6.58 Å². The Hall–Kier alpha value is -2.20. The second-order valence-electron chi connectivity index (χ2n) is 8.44. The van der Waals surface area contributed by atoms with Crippen molar-refractivity contribution >= 4 is 5.69 Å². The molecular weight excluding hydrogens is 431 g/mol. The van der Waals surface area contributed by atoms with Gasteiger partial charge in [-0.05, 0) is 64.4 Å². The number of anilines is 1. The maximum absolute atomic E-state index is 13.8. The van der Waals surface area contributed by atoms with E-state index in [0.29, 0.717) is 12.8 Å². The number of aliphatic hydroxyl groups excluding tert-OH is 1. The third-order valence-corrected chi connectivity index (χ3v) is 5.49. The lowest BCUT2D eigenvalue weighted by molar-refractivity contribution is -0.142. The van der Waals surface area contributed by atoms with Crippen LogP contribution in [0.15, 0.2) is 30.6 Å². The Morgan fingerprint density at radius 2 is 1.97 bits per heavy atom. The molecule has 1 atom stereocenters. The molecule has 180 valence electrons. The molecule has 0 aliphatic heterocycles. The average molecular weight is 463 g/mol. The van der Waals surface area contributed by atoms with Crippen molar-refractivity contribution in [1.82, 2.24) is 15.6 Å². The van der Waals surface area contributed by atoms with Crippen LogP contribution in [0.4, 0.5) is 27.6 Å². The zero-order valence-corrected chi connectivity index (χ0v) is 18.7. The van der Waals surface area contributed by atoms with E-state index in [9.17, 15) is 27.1 Å². The molecule has 5 nitrogen and oxygen atoms in total. The van der Waals surface area contributed by atoms with Gasteiger partial charge in [-0.15, -0.1) is 0 Å². The summed E-state index contributed by atoms with van der Waals surface area (Å²) in [7, 11) is 1.75. The number of rotatable bonds is 11. The lowest BCUT2D eigenvalue weighted by atomic mass is 9.97. The predicted molar refractivity (Wildman–Crippen MR) is 115 cm³/mol. The molecule has 0 aromatic carbocycles. The van der Waals surface area contributed by atoms with E-state index in [0.717, 1.165) is 6.20 Å². The smallest absolute Gasteiger partial charge is 0.369 e. The van der Waals surface area contributed by atoms with Gasteiger partial charge >= 0.3 is 6.18 Å². The van der Waals surface area contributed by atoms with E-state index in [2.05, 4.69) is 22.2 Å². The van der Waals surface area contributed by atoms with Crippen molar-refractivity contribution in [2.45, 2.75) is 63.9 Å². The quantitative estimate of drug-likeness (QED) is 0.252. The van der Waals surface area contributed by atoms with E-state index < -0.39 is 36.0 Å². The van der Waals surface area contributed by atoms with Crippen LogP contribution < -0.4 is 15.5 Å². The van der Waals surface area contributed by atoms with Crippen LogP contribution in [0, 0.1) is 0 Å². The van der Waals surface area contributed by atoms with Crippen molar-refractivity contribution in [3.63, 3.8) is 0 Å². The van der Waals surface area contributed by atoms with Crippen LogP contribution in [0.3, 0.4) is 0 Å². The minimum absolute atomic E-state index is 0.00524. The number of hydrogen-bond donors (Lipinski definition) is 3. The van der Waals surface area contributed by atoms with Gasteiger partial charge in [0.15, 0.2) is 6.23 Å². The Morgan fingerprint density at radius 3 is 2.44 bits per heavy atom. The summed E-state index contributed by atoms with van der Waals surface area (Å²) in [5.41, 5.74) is -1.76. The molecule has 1 saturated carbocycles. The zero-order chi connectivity index (χ0) is 24.3. The number of halogens is 5. The number of aromatic nitrogens is 1. The summed E-state index contributed by atoms with van der Waals surface area (Å²) in [6.45, 7) is 8.75. The van der Waals surface area contributed by atoms with Crippen molar-refractivity contribution in [3.05, 3.63) is 47.4 Å². The highest BCUT2D eigenvalue weighted by Gasteiger charge is 2.43. The van der Waals surface area contributed by atoms with E-state index in [-0.39, 0.29) is 35.5 Å². The molecule has 10 heteroatoms. The van der Waals surface area contributed by atoms with Crippen LogP contribution in [0.25, 0.3) is 0 Å². The topological polar surface area (TPSA) is 60.4 Å². The number of nitrogens with zero attached hydrogens (tertiary/aromatic N) is 2. The molecule has 1 aliphatic rings. The van der Waals surface area contributed by atoms with Crippen molar-refractivity contribution in [2.24, 2.45) is 0 Å². The Labute approximate surface area is 185 Å². The number of alkyl halides is 5. The number of pyridine rings is 1. The van der Waals surface area contributed by atoms with Crippen LogP contribution >= 0.6 is 0 Å². The zero-order valence-electron chi connectivity index (χ0n) is 18.7. The second-order valence-corrected chi connectivity index (χ2v) is 8.44. The third-order valence-electron chi connectivity index (χ3n) is 5.49. The van der Waals surface area contributed by atoms with E-state index >= 15 is 0 Å². The Balaban J connectivity index is 2.58. The molecule has 0 saturated heterocycles. The van der Waals surface area contributed by atoms with Crippen molar-refractivity contribution in [1.29, 1.82) is 0 Å². The van der Waals surface area contributed by atoms with Gasteiger partial charge in [0.2, 0.25) is 0 Å². The standard InChI is InChI=1S/C22H31F5N4O/c1-6-31(12-13(2)19(23)24)15-11-30-18(22(25,26)27)16(14-7-8-14)17(15)20(32)29-10-9-21(3,4)28-5/h9-11,14,19-20,28-29,32H,2,6-8,12H2,1,3-5H3/b10-9+. The molecule has 1 fully saturated rings. The normalized spacial score (nSPS) is 16.0. The summed E-state index contributed by atoms with van der Waals surface area (Å²) < 4.78 is 67.4. The van der Waals surface area contributed by atoms with Crippen LogP contribution in [-0.4, -0.2) is 42.2 Å². The van der Waals surface area contributed by atoms with E-state index in [1.165, 1.54) is 11.1 Å². The summed E-state index contributed by atoms with van der Waals surface area (Å²) in [4.78, 5) is 5.11. The first-order chi connectivity index (χ1) is 14.8. The van der Waals surface area contributed by atoms with Crippen molar-refractivity contribution < 1.29 is 27.1 Å². The predicted octanol–water partition coefficient (Wildman–Crippen LogP) is 4.72. The molecule has 1 heterocycles. The summed E-state index contributed by atoms with van der Waals surface area (Å²) in [5.74, 6) is -0.403. The van der Waals surface area contributed by atoms with E-state index in [4.69, 9.17) is 0 Å². The summed E-state index contributed by atoms with van der Waals surface area (Å²) >= 11 is 0. The fourth-order valence-electron chi connectivity index (χ4n) is 3.28. The molecule has 0 spiro atoms. The van der Waals surface area contributed by atoms with Gasteiger partial charge in [-0.2, -0.15) is 13.2 Å². The van der Waals surface area contributed by atoms with Gasteiger partial charge in [0.05, 0.1) is 11.9 Å². The maximum Gasteiger partial charge on any atom is 0.433 e.